The van der Waals surface area contributed by atoms with Crippen LogP contribution in [0.15, 0.2) is 11.9 Å². The Bertz CT molecular complexity index is 163. The third-order valence-electron chi connectivity index (χ3n) is 2.46. The minimum Gasteiger partial charge on any atom is -0.359 e. The molecular formula is C9H18N2. The van der Waals surface area contributed by atoms with E-state index in [-0.39, 0.29) is 0 Å². The predicted molar refractivity (Wildman–Crippen MR) is 48.0 cm³/mol. The molecule has 1 rings (SSSR count). The molecule has 0 aromatic heterocycles. The summed E-state index contributed by atoms with van der Waals surface area (Å²) in [5, 5.41) is 0. The van der Waals surface area contributed by atoms with E-state index in [2.05, 4.69) is 43.8 Å². The van der Waals surface area contributed by atoms with Gasteiger partial charge in [-0.05, 0) is 20.3 Å². The first kappa shape index (κ1) is 8.44. The summed E-state index contributed by atoms with van der Waals surface area (Å²) >= 11 is 0. The minimum absolute atomic E-state index is 0.551. The summed E-state index contributed by atoms with van der Waals surface area (Å²) in [7, 11) is 2.13. The van der Waals surface area contributed by atoms with Gasteiger partial charge in [0.25, 0.3) is 0 Å². The van der Waals surface area contributed by atoms with Crippen LogP contribution in [-0.4, -0.2) is 29.6 Å². The lowest BCUT2D eigenvalue weighted by Gasteiger charge is -2.28. The highest BCUT2D eigenvalue weighted by atomic mass is 15.4. The fourth-order valence-electron chi connectivity index (χ4n) is 1.64. The molecule has 1 atom stereocenters. The molecule has 1 heterocycles. The second-order valence-corrected chi connectivity index (χ2v) is 3.06. The van der Waals surface area contributed by atoms with Crippen molar-refractivity contribution >= 4 is 0 Å². The highest BCUT2D eigenvalue weighted by Crippen LogP contribution is 2.22. The van der Waals surface area contributed by atoms with Gasteiger partial charge in [0.1, 0.15) is 0 Å². The van der Waals surface area contributed by atoms with Crippen LogP contribution in [0.3, 0.4) is 0 Å². The number of rotatable bonds is 2. The van der Waals surface area contributed by atoms with E-state index < -0.39 is 0 Å². The van der Waals surface area contributed by atoms with Crippen molar-refractivity contribution in [1.82, 2.24) is 9.80 Å². The van der Waals surface area contributed by atoms with Gasteiger partial charge in [0, 0.05) is 25.5 Å². The largest absolute Gasteiger partial charge is 0.359 e. The average molecular weight is 154 g/mol. The quantitative estimate of drug-likeness (QED) is 0.599. The Hall–Kier alpha value is -0.660. The van der Waals surface area contributed by atoms with Crippen molar-refractivity contribution in [1.29, 1.82) is 0 Å². The van der Waals surface area contributed by atoms with Gasteiger partial charge in [-0.25, -0.2) is 0 Å². The van der Waals surface area contributed by atoms with E-state index in [4.69, 9.17) is 0 Å². The van der Waals surface area contributed by atoms with Gasteiger partial charge in [0.15, 0.2) is 0 Å². The zero-order valence-corrected chi connectivity index (χ0v) is 7.96. The Balaban J connectivity index is 2.70. The highest BCUT2D eigenvalue weighted by molar-refractivity contribution is 5.07. The van der Waals surface area contributed by atoms with E-state index in [1.54, 1.807) is 0 Å². The van der Waals surface area contributed by atoms with Gasteiger partial charge in [-0.15, -0.1) is 0 Å². The van der Waals surface area contributed by atoms with Crippen molar-refractivity contribution in [3.8, 4) is 0 Å². The third kappa shape index (κ3) is 1.35. The molecule has 1 unspecified atom stereocenters. The van der Waals surface area contributed by atoms with E-state index in [1.165, 1.54) is 5.70 Å². The zero-order chi connectivity index (χ0) is 8.43. The van der Waals surface area contributed by atoms with Crippen molar-refractivity contribution < 1.29 is 0 Å². The molecule has 0 fully saturated rings. The van der Waals surface area contributed by atoms with Gasteiger partial charge in [0.05, 0.1) is 6.17 Å². The zero-order valence-electron chi connectivity index (χ0n) is 7.96. The lowest BCUT2D eigenvalue weighted by atomic mass is 10.3. The van der Waals surface area contributed by atoms with Crippen LogP contribution in [0.1, 0.15) is 27.2 Å². The number of nitrogens with zero attached hydrogens (tertiary/aromatic N) is 2. The highest BCUT2D eigenvalue weighted by Gasteiger charge is 2.22. The van der Waals surface area contributed by atoms with Gasteiger partial charge in [-0.3, -0.25) is 0 Å². The van der Waals surface area contributed by atoms with Crippen LogP contribution >= 0.6 is 0 Å². The standard InChI is InChI=1S/C9H18N2/c1-5-9-7-10(4)8(3)11(9)6-2/h7-8H,5-6H2,1-4H3. The maximum absolute atomic E-state index is 2.43. The molecule has 1 aliphatic rings. The first-order chi connectivity index (χ1) is 5.20. The Morgan fingerprint density at radius 2 is 2.09 bits per heavy atom. The van der Waals surface area contributed by atoms with Crippen LogP contribution in [0.4, 0.5) is 0 Å². The van der Waals surface area contributed by atoms with E-state index in [1.807, 2.05) is 0 Å². The van der Waals surface area contributed by atoms with E-state index in [0.717, 1.165) is 13.0 Å². The molecule has 0 saturated carbocycles. The van der Waals surface area contributed by atoms with Crippen molar-refractivity contribution in [2.75, 3.05) is 13.6 Å². The summed E-state index contributed by atoms with van der Waals surface area (Å²) in [6, 6.07) is 0. The van der Waals surface area contributed by atoms with Gasteiger partial charge in [0.2, 0.25) is 0 Å². The smallest absolute Gasteiger partial charge is 0.0977 e. The maximum Gasteiger partial charge on any atom is 0.0977 e. The Labute approximate surface area is 69.5 Å². The van der Waals surface area contributed by atoms with E-state index >= 15 is 0 Å². The lowest BCUT2D eigenvalue weighted by Crippen LogP contribution is -2.34. The molecule has 0 radical (unpaired) electrons. The molecule has 0 saturated heterocycles. The van der Waals surface area contributed by atoms with Crippen molar-refractivity contribution in [2.45, 2.75) is 33.4 Å². The first-order valence-corrected chi connectivity index (χ1v) is 4.40. The van der Waals surface area contributed by atoms with Gasteiger partial charge < -0.3 is 9.80 Å². The molecule has 64 valence electrons. The van der Waals surface area contributed by atoms with E-state index in [0.29, 0.717) is 6.17 Å². The molecule has 2 nitrogen and oxygen atoms in total. The van der Waals surface area contributed by atoms with Crippen LogP contribution in [0, 0.1) is 0 Å². The van der Waals surface area contributed by atoms with Gasteiger partial charge in [-0.1, -0.05) is 6.92 Å². The van der Waals surface area contributed by atoms with Crippen LogP contribution in [0.25, 0.3) is 0 Å². The molecule has 11 heavy (non-hydrogen) atoms. The van der Waals surface area contributed by atoms with Crippen LogP contribution in [0.2, 0.25) is 0 Å². The fraction of sp³-hybridized carbons (Fsp3) is 0.778. The molecular weight excluding hydrogens is 136 g/mol. The first-order valence-electron chi connectivity index (χ1n) is 4.40. The number of hydrogen-bond donors (Lipinski definition) is 0. The third-order valence-corrected chi connectivity index (χ3v) is 2.46. The number of hydrogen-bond acceptors (Lipinski definition) is 2. The minimum atomic E-state index is 0.551. The second-order valence-electron chi connectivity index (χ2n) is 3.06. The molecule has 2 heteroatoms. The summed E-state index contributed by atoms with van der Waals surface area (Å²) in [5.41, 5.74) is 1.46. The number of allylic oxidation sites excluding steroid dienone is 1. The SMILES string of the molecule is CCC1=CN(C)C(C)N1CC. The van der Waals surface area contributed by atoms with Crippen LogP contribution in [-0.2, 0) is 0 Å². The van der Waals surface area contributed by atoms with Gasteiger partial charge in [-0.2, -0.15) is 0 Å². The van der Waals surface area contributed by atoms with Crippen LogP contribution in [0.5, 0.6) is 0 Å². The lowest BCUT2D eigenvalue weighted by molar-refractivity contribution is 0.189. The van der Waals surface area contributed by atoms with Crippen LogP contribution < -0.4 is 0 Å². The summed E-state index contributed by atoms with van der Waals surface area (Å²) in [5.74, 6) is 0. The Morgan fingerprint density at radius 3 is 2.45 bits per heavy atom. The van der Waals surface area contributed by atoms with Crippen molar-refractivity contribution in [3.63, 3.8) is 0 Å². The molecule has 0 aromatic carbocycles. The van der Waals surface area contributed by atoms with Crippen molar-refractivity contribution in [3.05, 3.63) is 11.9 Å². The molecule has 1 aliphatic heterocycles. The molecule has 0 amide bonds. The maximum atomic E-state index is 2.43. The molecule has 0 N–H and O–H groups in total. The predicted octanol–water partition coefficient (Wildman–Crippen LogP) is 1.85. The Morgan fingerprint density at radius 1 is 1.45 bits per heavy atom. The summed E-state index contributed by atoms with van der Waals surface area (Å²) in [4.78, 5) is 4.70. The van der Waals surface area contributed by atoms with E-state index in [9.17, 15) is 0 Å². The molecule has 0 spiro atoms. The monoisotopic (exact) mass is 154 g/mol. The van der Waals surface area contributed by atoms with Crippen molar-refractivity contribution in [2.24, 2.45) is 0 Å². The average Bonchev–Trinajstić information content (AvgIpc) is 2.28. The molecule has 0 bridgehead atoms. The summed E-state index contributed by atoms with van der Waals surface area (Å²) in [6.45, 7) is 7.77. The topological polar surface area (TPSA) is 6.48 Å². The summed E-state index contributed by atoms with van der Waals surface area (Å²) < 4.78 is 0. The van der Waals surface area contributed by atoms with Gasteiger partial charge >= 0.3 is 0 Å². The summed E-state index contributed by atoms with van der Waals surface area (Å²) in [6.07, 6.45) is 3.94. The molecule has 0 aliphatic carbocycles. The normalized spacial score (nSPS) is 24.4. The Kier molecular flexibility index (Phi) is 2.42. The second kappa shape index (κ2) is 3.16. The molecule has 0 aromatic rings. The fourth-order valence-corrected chi connectivity index (χ4v) is 1.64.